The Bertz CT molecular complexity index is 578. The van der Waals surface area contributed by atoms with Crippen LogP contribution in [0.25, 0.3) is 0 Å². The summed E-state index contributed by atoms with van der Waals surface area (Å²) in [4.78, 5) is 11.7. The molecule has 2 N–H and O–H groups in total. The predicted octanol–water partition coefficient (Wildman–Crippen LogP) is 0.533. The molecule has 1 unspecified atom stereocenters. The summed E-state index contributed by atoms with van der Waals surface area (Å²) in [6, 6.07) is 2.66. The van der Waals surface area contributed by atoms with Crippen molar-refractivity contribution in [3.8, 4) is 0 Å². The third-order valence-corrected chi connectivity index (χ3v) is 4.47. The fourth-order valence-corrected chi connectivity index (χ4v) is 2.34. The van der Waals surface area contributed by atoms with Crippen molar-refractivity contribution in [3.63, 3.8) is 0 Å². The first-order chi connectivity index (χ1) is 9.64. The topological polar surface area (TPSA) is 91.7 Å². The van der Waals surface area contributed by atoms with Crippen molar-refractivity contribution in [2.75, 3.05) is 14.1 Å². The first kappa shape index (κ1) is 17.7. The van der Waals surface area contributed by atoms with Gasteiger partial charge in [0.2, 0.25) is 11.0 Å². The minimum absolute atomic E-state index is 0.0715. The fourth-order valence-electron chi connectivity index (χ4n) is 1.53. The first-order valence-corrected chi connectivity index (χ1v) is 8.13. The lowest BCUT2D eigenvalue weighted by atomic mass is 10.2. The summed E-state index contributed by atoms with van der Waals surface area (Å²) in [5, 5.41) is 5.66. The molecule has 0 spiro atoms. The van der Waals surface area contributed by atoms with E-state index in [0.717, 1.165) is 4.31 Å². The Balaban J connectivity index is 2.62. The quantitative estimate of drug-likeness (QED) is 0.765. The molecule has 0 radical (unpaired) electrons. The average molecular weight is 317 g/mol. The van der Waals surface area contributed by atoms with E-state index in [2.05, 4.69) is 10.6 Å². The molecule has 0 aliphatic carbocycles. The van der Waals surface area contributed by atoms with E-state index in [9.17, 15) is 13.2 Å². The Morgan fingerprint density at radius 1 is 1.29 bits per heavy atom. The molecule has 0 saturated heterocycles. The molecule has 21 heavy (non-hydrogen) atoms. The summed E-state index contributed by atoms with van der Waals surface area (Å²) in [7, 11) is -0.690. The van der Waals surface area contributed by atoms with Gasteiger partial charge in [0.1, 0.15) is 5.76 Å². The van der Waals surface area contributed by atoms with Crippen LogP contribution in [0.3, 0.4) is 0 Å². The standard InChI is InChI=1S/C13H23N3O4S/c1-9(2)15-13(17)10(3)14-8-11-6-7-12(20-11)21(18,19)16(4)5/h6-7,9-10,14H,8H2,1-5H3,(H,15,17). The van der Waals surface area contributed by atoms with Crippen molar-refractivity contribution in [1.29, 1.82) is 0 Å². The van der Waals surface area contributed by atoms with Crippen LogP contribution in [0.15, 0.2) is 21.6 Å². The zero-order valence-electron chi connectivity index (χ0n) is 13.0. The van der Waals surface area contributed by atoms with Gasteiger partial charge < -0.3 is 9.73 Å². The lowest BCUT2D eigenvalue weighted by Crippen LogP contribution is -2.44. The maximum Gasteiger partial charge on any atom is 0.275 e. The van der Waals surface area contributed by atoms with Crippen LogP contribution in [-0.2, 0) is 21.4 Å². The van der Waals surface area contributed by atoms with Crippen LogP contribution in [0.1, 0.15) is 26.5 Å². The molecule has 1 amide bonds. The number of sulfonamides is 1. The SMILES string of the molecule is CC(C)NC(=O)C(C)NCc1ccc(S(=O)(=O)N(C)C)o1. The van der Waals surface area contributed by atoms with E-state index in [1.165, 1.54) is 20.2 Å². The third-order valence-electron chi connectivity index (χ3n) is 2.78. The van der Waals surface area contributed by atoms with Gasteiger partial charge in [0.05, 0.1) is 12.6 Å². The smallest absolute Gasteiger partial charge is 0.275 e. The molecular formula is C13H23N3O4S. The van der Waals surface area contributed by atoms with Gasteiger partial charge in [-0.05, 0) is 32.9 Å². The molecule has 0 aromatic carbocycles. The number of amides is 1. The number of hydrogen-bond acceptors (Lipinski definition) is 5. The molecule has 0 aliphatic rings. The summed E-state index contributed by atoms with van der Waals surface area (Å²) in [6.07, 6.45) is 0. The van der Waals surface area contributed by atoms with Gasteiger partial charge in [0, 0.05) is 20.1 Å². The van der Waals surface area contributed by atoms with Crippen molar-refractivity contribution in [3.05, 3.63) is 17.9 Å². The summed E-state index contributed by atoms with van der Waals surface area (Å²) in [5.41, 5.74) is 0. The van der Waals surface area contributed by atoms with E-state index in [1.807, 2.05) is 13.8 Å². The molecular weight excluding hydrogens is 294 g/mol. The Labute approximate surface area is 125 Å². The molecule has 8 heteroatoms. The van der Waals surface area contributed by atoms with Crippen LogP contribution in [0, 0.1) is 0 Å². The van der Waals surface area contributed by atoms with Crippen molar-refractivity contribution < 1.29 is 17.6 Å². The zero-order chi connectivity index (χ0) is 16.2. The van der Waals surface area contributed by atoms with Crippen LogP contribution in [0.2, 0.25) is 0 Å². The molecule has 0 bridgehead atoms. The van der Waals surface area contributed by atoms with Gasteiger partial charge in [0.25, 0.3) is 10.0 Å². The Kier molecular flexibility index (Phi) is 5.94. The lowest BCUT2D eigenvalue weighted by Gasteiger charge is -2.15. The van der Waals surface area contributed by atoms with Gasteiger partial charge >= 0.3 is 0 Å². The summed E-state index contributed by atoms with van der Waals surface area (Å²) >= 11 is 0. The van der Waals surface area contributed by atoms with Crippen LogP contribution in [0.5, 0.6) is 0 Å². The third kappa shape index (κ3) is 4.83. The number of carbonyl (C=O) groups excluding carboxylic acids is 1. The van der Waals surface area contributed by atoms with Gasteiger partial charge in [-0.2, -0.15) is 0 Å². The van der Waals surface area contributed by atoms with Gasteiger partial charge in [-0.1, -0.05) is 0 Å². The van der Waals surface area contributed by atoms with E-state index < -0.39 is 16.1 Å². The minimum atomic E-state index is -3.57. The van der Waals surface area contributed by atoms with Gasteiger partial charge in [0.15, 0.2) is 0 Å². The molecule has 1 aromatic rings. The first-order valence-electron chi connectivity index (χ1n) is 6.69. The number of nitrogens with one attached hydrogen (secondary N) is 2. The van der Waals surface area contributed by atoms with Crippen molar-refractivity contribution in [2.24, 2.45) is 0 Å². The number of carbonyl (C=O) groups is 1. The monoisotopic (exact) mass is 317 g/mol. The molecule has 120 valence electrons. The largest absolute Gasteiger partial charge is 0.447 e. The van der Waals surface area contributed by atoms with Crippen molar-refractivity contribution >= 4 is 15.9 Å². The Morgan fingerprint density at radius 2 is 1.90 bits per heavy atom. The van der Waals surface area contributed by atoms with Crippen LogP contribution < -0.4 is 10.6 Å². The molecule has 1 heterocycles. The number of rotatable bonds is 7. The molecule has 1 rings (SSSR count). The summed E-state index contributed by atoms with van der Waals surface area (Å²) in [6.45, 7) is 5.78. The lowest BCUT2D eigenvalue weighted by molar-refractivity contribution is -0.123. The number of hydrogen-bond donors (Lipinski definition) is 2. The highest BCUT2D eigenvalue weighted by Gasteiger charge is 2.21. The van der Waals surface area contributed by atoms with Gasteiger partial charge in [-0.15, -0.1) is 0 Å². The van der Waals surface area contributed by atoms with Crippen molar-refractivity contribution in [1.82, 2.24) is 14.9 Å². The zero-order valence-corrected chi connectivity index (χ0v) is 13.8. The highest BCUT2D eigenvalue weighted by atomic mass is 32.2. The fraction of sp³-hybridized carbons (Fsp3) is 0.615. The molecule has 0 aliphatic heterocycles. The van der Waals surface area contributed by atoms with E-state index in [1.54, 1.807) is 13.0 Å². The molecule has 1 atom stereocenters. The maximum absolute atomic E-state index is 11.9. The summed E-state index contributed by atoms with van der Waals surface area (Å²) in [5.74, 6) is 0.345. The minimum Gasteiger partial charge on any atom is -0.447 e. The van der Waals surface area contributed by atoms with Crippen molar-refractivity contribution in [2.45, 2.75) is 44.5 Å². The average Bonchev–Trinajstić information content (AvgIpc) is 2.84. The second-order valence-corrected chi connectivity index (χ2v) is 7.36. The van der Waals surface area contributed by atoms with Crippen LogP contribution >= 0.6 is 0 Å². The summed E-state index contributed by atoms with van der Waals surface area (Å²) < 4.78 is 30.1. The van der Waals surface area contributed by atoms with E-state index in [0.29, 0.717) is 5.76 Å². The molecule has 0 fully saturated rings. The highest BCUT2D eigenvalue weighted by Crippen LogP contribution is 2.16. The van der Waals surface area contributed by atoms with E-state index in [-0.39, 0.29) is 23.6 Å². The van der Waals surface area contributed by atoms with Gasteiger partial charge in [-0.25, -0.2) is 12.7 Å². The molecule has 1 aromatic heterocycles. The number of furan rings is 1. The second kappa shape index (κ2) is 7.06. The van der Waals surface area contributed by atoms with Crippen LogP contribution in [-0.4, -0.2) is 44.8 Å². The maximum atomic E-state index is 11.9. The van der Waals surface area contributed by atoms with Crippen LogP contribution in [0.4, 0.5) is 0 Å². The van der Waals surface area contributed by atoms with E-state index >= 15 is 0 Å². The predicted molar refractivity (Wildman–Crippen MR) is 79.2 cm³/mol. The molecule has 0 saturated carbocycles. The Hall–Kier alpha value is -1.38. The number of nitrogens with zero attached hydrogens (tertiary/aromatic N) is 1. The van der Waals surface area contributed by atoms with Gasteiger partial charge in [-0.3, -0.25) is 10.1 Å². The van der Waals surface area contributed by atoms with E-state index in [4.69, 9.17) is 4.42 Å². The normalized spacial score (nSPS) is 13.7. The molecule has 7 nitrogen and oxygen atoms in total. The second-order valence-electron chi connectivity index (χ2n) is 5.27. The Morgan fingerprint density at radius 3 is 2.43 bits per heavy atom. The highest BCUT2D eigenvalue weighted by molar-refractivity contribution is 7.88.